The molecule has 0 unspecified atom stereocenters. The van der Waals surface area contributed by atoms with Crippen LogP contribution in [0.3, 0.4) is 0 Å². The normalized spacial score (nSPS) is 19.0. The molecule has 26 heavy (non-hydrogen) atoms. The second kappa shape index (κ2) is 8.24. The Labute approximate surface area is 162 Å². The molecular weight excluding hydrogens is 381 g/mol. The third-order valence-corrected chi connectivity index (χ3v) is 5.10. The van der Waals surface area contributed by atoms with E-state index in [1.165, 1.54) is 18.2 Å². The highest BCUT2D eigenvalue weighted by Crippen LogP contribution is 2.26. The standard InChI is InChI=1S/C17H20ClN3O4.ClH/c18-11-3-4-14(23)12(10-11)13(22)2-1-7-21-8-5-17(6-9-21)15(24)19-16(25)20-17;/h3-4,10,23H,1-2,5-9H2,(H2,19,20,24,25);1H. The van der Waals surface area contributed by atoms with E-state index < -0.39 is 11.6 Å². The number of nitrogens with one attached hydrogen (secondary N) is 2. The molecule has 0 saturated carbocycles. The van der Waals surface area contributed by atoms with Gasteiger partial charge in [-0.15, -0.1) is 12.4 Å². The number of nitrogens with zero attached hydrogens (tertiary/aromatic N) is 1. The summed E-state index contributed by atoms with van der Waals surface area (Å²) in [5.74, 6) is -0.447. The number of amides is 3. The quantitative estimate of drug-likeness (QED) is 0.518. The zero-order valence-corrected chi connectivity index (χ0v) is 15.7. The van der Waals surface area contributed by atoms with Crippen LogP contribution in [0, 0.1) is 0 Å². The van der Waals surface area contributed by atoms with Crippen LogP contribution >= 0.6 is 24.0 Å². The lowest BCUT2D eigenvalue weighted by atomic mass is 9.87. The fraction of sp³-hybridized carbons (Fsp3) is 0.471. The van der Waals surface area contributed by atoms with Crippen molar-refractivity contribution in [2.45, 2.75) is 31.2 Å². The van der Waals surface area contributed by atoms with Crippen molar-refractivity contribution in [2.24, 2.45) is 0 Å². The number of hydrogen-bond acceptors (Lipinski definition) is 5. The van der Waals surface area contributed by atoms with Gasteiger partial charge in [0.15, 0.2) is 5.78 Å². The van der Waals surface area contributed by atoms with Gasteiger partial charge in [0.2, 0.25) is 0 Å². The Kier molecular flexibility index (Phi) is 6.49. The van der Waals surface area contributed by atoms with E-state index in [0.29, 0.717) is 43.8 Å². The van der Waals surface area contributed by atoms with Gasteiger partial charge in [-0.05, 0) is 44.0 Å². The van der Waals surface area contributed by atoms with Crippen LogP contribution in [0.25, 0.3) is 0 Å². The Bertz CT molecular complexity index is 718. The van der Waals surface area contributed by atoms with Gasteiger partial charge in [0, 0.05) is 24.5 Å². The molecule has 142 valence electrons. The fourth-order valence-electron chi connectivity index (χ4n) is 3.37. The molecule has 1 spiro atoms. The minimum Gasteiger partial charge on any atom is -0.507 e. The molecule has 2 saturated heterocycles. The first-order valence-corrected chi connectivity index (χ1v) is 8.65. The molecule has 0 radical (unpaired) electrons. The predicted molar refractivity (Wildman–Crippen MR) is 99.0 cm³/mol. The monoisotopic (exact) mass is 401 g/mol. The summed E-state index contributed by atoms with van der Waals surface area (Å²) in [6.07, 6.45) is 2.09. The highest BCUT2D eigenvalue weighted by Gasteiger charge is 2.47. The number of imide groups is 1. The number of hydrogen-bond donors (Lipinski definition) is 3. The summed E-state index contributed by atoms with van der Waals surface area (Å²) in [4.78, 5) is 37.6. The lowest BCUT2D eigenvalue weighted by Gasteiger charge is -2.36. The Morgan fingerprint density at radius 2 is 1.96 bits per heavy atom. The van der Waals surface area contributed by atoms with Gasteiger partial charge in [-0.3, -0.25) is 14.9 Å². The van der Waals surface area contributed by atoms with Crippen molar-refractivity contribution >= 4 is 41.7 Å². The number of Topliss-reactive ketones (excluding diaryl/α,β-unsaturated/α-hetero) is 1. The summed E-state index contributed by atoms with van der Waals surface area (Å²) in [7, 11) is 0. The van der Waals surface area contributed by atoms with Crippen LogP contribution in [0.15, 0.2) is 18.2 Å². The number of carbonyl (C=O) groups excluding carboxylic acids is 3. The van der Waals surface area contributed by atoms with Crippen LogP contribution in [-0.4, -0.2) is 52.9 Å². The Morgan fingerprint density at radius 1 is 1.27 bits per heavy atom. The second-order valence-corrected chi connectivity index (χ2v) is 6.96. The summed E-state index contributed by atoms with van der Waals surface area (Å²) in [6.45, 7) is 2.09. The third-order valence-electron chi connectivity index (χ3n) is 4.86. The Balaban J connectivity index is 0.00000243. The van der Waals surface area contributed by atoms with Crippen molar-refractivity contribution in [3.63, 3.8) is 0 Å². The highest BCUT2D eigenvalue weighted by atomic mass is 35.5. The number of rotatable bonds is 5. The van der Waals surface area contributed by atoms with Crippen molar-refractivity contribution in [1.29, 1.82) is 0 Å². The molecule has 0 atom stereocenters. The van der Waals surface area contributed by atoms with Gasteiger partial charge in [-0.25, -0.2) is 4.79 Å². The van der Waals surface area contributed by atoms with Crippen LogP contribution in [0.5, 0.6) is 5.75 Å². The number of benzene rings is 1. The van der Waals surface area contributed by atoms with Gasteiger partial charge < -0.3 is 15.3 Å². The third kappa shape index (κ3) is 4.28. The van der Waals surface area contributed by atoms with Crippen molar-refractivity contribution in [3.05, 3.63) is 28.8 Å². The van der Waals surface area contributed by atoms with Crippen molar-refractivity contribution < 1.29 is 19.5 Å². The number of aromatic hydroxyl groups is 1. The molecule has 0 aliphatic carbocycles. The number of phenolic OH excluding ortho intramolecular Hbond substituents is 1. The van der Waals surface area contributed by atoms with E-state index >= 15 is 0 Å². The maximum Gasteiger partial charge on any atom is 0.322 e. The number of urea groups is 1. The fourth-order valence-corrected chi connectivity index (χ4v) is 3.54. The first-order chi connectivity index (χ1) is 11.9. The van der Waals surface area contributed by atoms with Crippen molar-refractivity contribution in [3.8, 4) is 5.75 Å². The molecule has 7 nitrogen and oxygen atoms in total. The molecule has 3 N–H and O–H groups in total. The second-order valence-electron chi connectivity index (χ2n) is 6.52. The van der Waals surface area contributed by atoms with Crippen LogP contribution in [0.2, 0.25) is 5.02 Å². The van der Waals surface area contributed by atoms with Gasteiger partial charge in [-0.2, -0.15) is 0 Å². The number of likely N-dealkylation sites (tertiary alicyclic amines) is 1. The lowest BCUT2D eigenvalue weighted by Crippen LogP contribution is -2.54. The van der Waals surface area contributed by atoms with Crippen LogP contribution in [-0.2, 0) is 4.79 Å². The van der Waals surface area contributed by atoms with Crippen LogP contribution in [0.4, 0.5) is 4.79 Å². The first kappa shape index (κ1) is 20.5. The highest BCUT2D eigenvalue weighted by molar-refractivity contribution is 6.31. The summed E-state index contributed by atoms with van der Waals surface area (Å²) in [5, 5.41) is 15.2. The topological polar surface area (TPSA) is 98.7 Å². The van der Waals surface area contributed by atoms with E-state index in [-0.39, 0.29) is 35.4 Å². The Hall–Kier alpha value is -1.83. The zero-order valence-electron chi connectivity index (χ0n) is 14.1. The SMILES string of the molecule is Cl.O=C1NC(=O)C2(CCN(CCCC(=O)c3cc(Cl)ccc3O)CC2)N1. The molecule has 0 bridgehead atoms. The average Bonchev–Trinajstić information content (AvgIpc) is 2.85. The van der Waals surface area contributed by atoms with Gasteiger partial charge in [-0.1, -0.05) is 11.6 Å². The summed E-state index contributed by atoms with van der Waals surface area (Å²) >= 11 is 5.86. The minimum absolute atomic E-state index is 0. The van der Waals surface area contributed by atoms with Gasteiger partial charge in [0.05, 0.1) is 5.56 Å². The summed E-state index contributed by atoms with van der Waals surface area (Å²) in [6, 6.07) is 4.01. The van der Waals surface area contributed by atoms with Crippen molar-refractivity contribution in [1.82, 2.24) is 15.5 Å². The maximum absolute atomic E-state index is 12.2. The number of phenols is 1. The minimum atomic E-state index is -0.768. The summed E-state index contributed by atoms with van der Waals surface area (Å²) in [5.41, 5.74) is -0.522. The molecule has 2 heterocycles. The van der Waals surface area contributed by atoms with E-state index in [1.54, 1.807) is 0 Å². The van der Waals surface area contributed by atoms with E-state index in [1.807, 2.05) is 0 Å². The molecule has 2 fully saturated rings. The van der Waals surface area contributed by atoms with Gasteiger partial charge in [0.25, 0.3) is 5.91 Å². The largest absolute Gasteiger partial charge is 0.507 e. The summed E-state index contributed by atoms with van der Waals surface area (Å²) < 4.78 is 0. The molecule has 3 amide bonds. The molecule has 0 aromatic heterocycles. The molecule has 1 aromatic rings. The smallest absolute Gasteiger partial charge is 0.322 e. The molecular formula is C17H21Cl2N3O4. The first-order valence-electron chi connectivity index (χ1n) is 8.27. The zero-order chi connectivity index (χ0) is 18.0. The maximum atomic E-state index is 12.2. The molecule has 1 aromatic carbocycles. The molecule has 3 rings (SSSR count). The van der Waals surface area contributed by atoms with Crippen LogP contribution < -0.4 is 10.6 Å². The number of carbonyl (C=O) groups is 3. The molecule has 9 heteroatoms. The van der Waals surface area contributed by atoms with Gasteiger partial charge >= 0.3 is 6.03 Å². The number of halogens is 2. The lowest BCUT2D eigenvalue weighted by molar-refractivity contribution is -0.125. The predicted octanol–water partition coefficient (Wildman–Crippen LogP) is 2.10. The van der Waals surface area contributed by atoms with E-state index in [2.05, 4.69) is 15.5 Å². The number of piperidine rings is 1. The van der Waals surface area contributed by atoms with E-state index in [0.717, 1.165) is 6.54 Å². The van der Waals surface area contributed by atoms with Gasteiger partial charge in [0.1, 0.15) is 11.3 Å². The van der Waals surface area contributed by atoms with E-state index in [4.69, 9.17) is 11.6 Å². The molecule has 2 aliphatic heterocycles. The number of ketones is 1. The van der Waals surface area contributed by atoms with Crippen LogP contribution in [0.1, 0.15) is 36.0 Å². The average molecular weight is 402 g/mol. The molecule has 2 aliphatic rings. The Morgan fingerprint density at radius 3 is 2.58 bits per heavy atom. The van der Waals surface area contributed by atoms with Crippen molar-refractivity contribution in [2.75, 3.05) is 19.6 Å². The van der Waals surface area contributed by atoms with E-state index in [9.17, 15) is 19.5 Å².